The van der Waals surface area contributed by atoms with Gasteiger partial charge in [0, 0.05) is 0 Å². The van der Waals surface area contributed by atoms with Gasteiger partial charge in [-0.2, -0.15) is 0 Å². The predicted octanol–water partition coefficient (Wildman–Crippen LogP) is 2.69. The van der Waals surface area contributed by atoms with Crippen LogP contribution in [0.2, 0.25) is 0 Å². The van der Waals surface area contributed by atoms with E-state index in [1.165, 1.54) is 0 Å². The summed E-state index contributed by atoms with van der Waals surface area (Å²) in [5.74, 6) is 0.861. The van der Waals surface area contributed by atoms with Gasteiger partial charge in [0.1, 0.15) is 5.75 Å². The van der Waals surface area contributed by atoms with Gasteiger partial charge in [-0.05, 0) is 53.4 Å². The van der Waals surface area contributed by atoms with E-state index in [0.717, 1.165) is 21.3 Å². The fourth-order valence-electron chi connectivity index (χ4n) is 1.52. The Morgan fingerprint density at radius 1 is 1.50 bits per heavy atom. The van der Waals surface area contributed by atoms with Crippen molar-refractivity contribution in [1.82, 2.24) is 0 Å². The van der Waals surface area contributed by atoms with Crippen LogP contribution in [-0.4, -0.2) is 18.3 Å². The summed E-state index contributed by atoms with van der Waals surface area (Å²) in [6, 6.07) is 4.02. The third-order valence-electron chi connectivity index (χ3n) is 2.02. The van der Waals surface area contributed by atoms with Crippen LogP contribution in [0.15, 0.2) is 16.6 Å². The van der Waals surface area contributed by atoms with Crippen molar-refractivity contribution in [1.29, 1.82) is 0 Å². The van der Waals surface area contributed by atoms with E-state index in [4.69, 9.17) is 4.74 Å². The highest BCUT2D eigenvalue weighted by atomic mass is 79.9. The summed E-state index contributed by atoms with van der Waals surface area (Å²) in [4.78, 5) is 0. The first kappa shape index (κ1) is 11.5. The van der Waals surface area contributed by atoms with Gasteiger partial charge in [-0.15, -0.1) is 0 Å². The zero-order valence-corrected chi connectivity index (χ0v) is 10.3. The second-order valence-corrected chi connectivity index (χ2v) is 4.34. The number of hydrogen-bond acceptors (Lipinski definition) is 2. The van der Waals surface area contributed by atoms with Gasteiger partial charge in [0.2, 0.25) is 0 Å². The van der Waals surface area contributed by atoms with Crippen LogP contribution in [0.3, 0.4) is 0 Å². The molecule has 0 radical (unpaired) electrons. The van der Waals surface area contributed by atoms with E-state index in [1.54, 1.807) is 14.0 Å². The molecule has 0 spiro atoms. The molecule has 14 heavy (non-hydrogen) atoms. The van der Waals surface area contributed by atoms with Crippen LogP contribution in [0.25, 0.3) is 0 Å². The molecule has 1 aromatic carbocycles. The maximum atomic E-state index is 9.27. The lowest BCUT2D eigenvalue weighted by Gasteiger charge is -2.11. The van der Waals surface area contributed by atoms with Crippen molar-refractivity contribution < 1.29 is 9.84 Å². The summed E-state index contributed by atoms with van der Waals surface area (Å²) in [6.45, 7) is 3.78. The fourth-order valence-corrected chi connectivity index (χ4v) is 2.29. The van der Waals surface area contributed by atoms with Gasteiger partial charge in [-0.3, -0.25) is 0 Å². The van der Waals surface area contributed by atoms with Crippen molar-refractivity contribution in [3.05, 3.63) is 27.7 Å². The SMILES string of the molecule is COc1c(C)cc(CC(C)O)cc1Br. The lowest BCUT2D eigenvalue weighted by molar-refractivity contribution is 0.195. The monoisotopic (exact) mass is 258 g/mol. The molecule has 78 valence electrons. The van der Waals surface area contributed by atoms with Crippen LogP contribution in [0.1, 0.15) is 18.1 Å². The summed E-state index contributed by atoms with van der Waals surface area (Å²) in [6.07, 6.45) is 0.360. The lowest BCUT2D eigenvalue weighted by Crippen LogP contribution is -2.04. The maximum Gasteiger partial charge on any atom is 0.135 e. The molecule has 0 saturated carbocycles. The van der Waals surface area contributed by atoms with Crippen LogP contribution in [0.5, 0.6) is 5.75 Å². The predicted molar refractivity (Wildman–Crippen MR) is 60.8 cm³/mol. The Balaban J connectivity index is 3.01. The van der Waals surface area contributed by atoms with Crippen LogP contribution in [-0.2, 0) is 6.42 Å². The quantitative estimate of drug-likeness (QED) is 0.904. The molecule has 0 saturated heterocycles. The van der Waals surface area contributed by atoms with Crippen molar-refractivity contribution in [2.75, 3.05) is 7.11 Å². The number of hydrogen-bond donors (Lipinski definition) is 1. The smallest absolute Gasteiger partial charge is 0.135 e. The molecule has 1 N–H and O–H groups in total. The second-order valence-electron chi connectivity index (χ2n) is 3.48. The number of aryl methyl sites for hydroxylation is 1. The third-order valence-corrected chi connectivity index (χ3v) is 2.61. The van der Waals surface area contributed by atoms with E-state index in [2.05, 4.69) is 15.9 Å². The van der Waals surface area contributed by atoms with Crippen LogP contribution in [0.4, 0.5) is 0 Å². The summed E-state index contributed by atoms with van der Waals surface area (Å²) in [5.41, 5.74) is 2.20. The Hall–Kier alpha value is -0.540. The van der Waals surface area contributed by atoms with E-state index < -0.39 is 0 Å². The van der Waals surface area contributed by atoms with E-state index in [-0.39, 0.29) is 6.10 Å². The summed E-state index contributed by atoms with van der Waals surface area (Å²) >= 11 is 3.44. The topological polar surface area (TPSA) is 29.5 Å². The van der Waals surface area contributed by atoms with Crippen LogP contribution >= 0.6 is 15.9 Å². The van der Waals surface area contributed by atoms with Crippen molar-refractivity contribution in [2.24, 2.45) is 0 Å². The first-order valence-corrected chi connectivity index (χ1v) is 5.35. The van der Waals surface area contributed by atoms with E-state index in [0.29, 0.717) is 6.42 Å². The van der Waals surface area contributed by atoms with E-state index in [1.807, 2.05) is 19.1 Å². The maximum absolute atomic E-state index is 9.27. The molecule has 0 fully saturated rings. The van der Waals surface area contributed by atoms with Crippen LogP contribution < -0.4 is 4.74 Å². The van der Waals surface area contributed by atoms with Gasteiger partial charge in [-0.1, -0.05) is 6.07 Å². The molecule has 0 bridgehead atoms. The Labute approximate surface area is 93.0 Å². The molecular weight excluding hydrogens is 244 g/mol. The highest BCUT2D eigenvalue weighted by Gasteiger charge is 2.07. The molecule has 1 unspecified atom stereocenters. The molecule has 1 rings (SSSR count). The Morgan fingerprint density at radius 2 is 2.14 bits per heavy atom. The molecule has 0 aliphatic carbocycles. The minimum atomic E-state index is -0.310. The molecular formula is C11H15BrO2. The van der Waals surface area contributed by atoms with Gasteiger partial charge in [-0.25, -0.2) is 0 Å². The number of rotatable bonds is 3. The molecule has 0 amide bonds. The minimum Gasteiger partial charge on any atom is -0.495 e. The molecule has 1 aromatic rings. The van der Waals surface area contributed by atoms with Crippen LogP contribution in [0, 0.1) is 6.92 Å². The first-order valence-electron chi connectivity index (χ1n) is 4.55. The number of ether oxygens (including phenoxy) is 1. The zero-order valence-electron chi connectivity index (χ0n) is 8.67. The molecule has 0 heterocycles. The molecule has 0 aliphatic rings. The fraction of sp³-hybridized carbons (Fsp3) is 0.455. The average molecular weight is 259 g/mol. The van der Waals surface area contributed by atoms with Crippen molar-refractivity contribution >= 4 is 15.9 Å². The number of aliphatic hydroxyl groups is 1. The van der Waals surface area contributed by atoms with E-state index >= 15 is 0 Å². The van der Waals surface area contributed by atoms with Gasteiger partial charge in [0.25, 0.3) is 0 Å². The number of methoxy groups -OCH3 is 1. The number of halogens is 1. The highest BCUT2D eigenvalue weighted by Crippen LogP contribution is 2.30. The first-order chi connectivity index (χ1) is 6.54. The average Bonchev–Trinajstić information content (AvgIpc) is 2.01. The largest absolute Gasteiger partial charge is 0.495 e. The summed E-state index contributed by atoms with van der Waals surface area (Å²) in [7, 11) is 1.65. The van der Waals surface area contributed by atoms with Crippen molar-refractivity contribution in [3.8, 4) is 5.75 Å². The zero-order chi connectivity index (χ0) is 10.7. The standard InChI is InChI=1S/C11H15BrO2/c1-7-4-9(5-8(2)13)6-10(12)11(7)14-3/h4,6,8,13H,5H2,1-3H3. The van der Waals surface area contributed by atoms with Crippen molar-refractivity contribution in [3.63, 3.8) is 0 Å². The lowest BCUT2D eigenvalue weighted by atomic mass is 10.1. The van der Waals surface area contributed by atoms with Gasteiger partial charge in [0.15, 0.2) is 0 Å². The number of benzene rings is 1. The molecule has 3 heteroatoms. The molecule has 0 aliphatic heterocycles. The Morgan fingerprint density at radius 3 is 2.57 bits per heavy atom. The van der Waals surface area contributed by atoms with Gasteiger partial charge >= 0.3 is 0 Å². The van der Waals surface area contributed by atoms with Gasteiger partial charge < -0.3 is 9.84 Å². The molecule has 0 aromatic heterocycles. The second kappa shape index (κ2) is 4.80. The Kier molecular flexibility index (Phi) is 3.96. The normalized spacial score (nSPS) is 12.6. The molecule has 1 atom stereocenters. The minimum absolute atomic E-state index is 0.310. The summed E-state index contributed by atoms with van der Waals surface area (Å²) < 4.78 is 6.17. The van der Waals surface area contributed by atoms with Crippen molar-refractivity contribution in [2.45, 2.75) is 26.4 Å². The van der Waals surface area contributed by atoms with Gasteiger partial charge in [0.05, 0.1) is 17.7 Å². The molecule has 2 nitrogen and oxygen atoms in total. The van der Waals surface area contributed by atoms with E-state index in [9.17, 15) is 5.11 Å². The Bertz CT molecular complexity index is 298. The third kappa shape index (κ3) is 2.72. The number of aliphatic hydroxyl groups excluding tert-OH is 1. The summed E-state index contributed by atoms with van der Waals surface area (Å²) in [5, 5.41) is 9.27. The highest BCUT2D eigenvalue weighted by molar-refractivity contribution is 9.10.